The first-order valence-corrected chi connectivity index (χ1v) is 7.61. The number of esters is 1. The molecule has 2 rings (SSSR count). The topological polar surface area (TPSA) is 55.4 Å². The van der Waals surface area contributed by atoms with Gasteiger partial charge in [0.25, 0.3) is 5.91 Å². The van der Waals surface area contributed by atoms with E-state index in [-0.39, 0.29) is 6.61 Å². The number of hydrogen-bond acceptors (Lipinski definition) is 3. The van der Waals surface area contributed by atoms with E-state index in [9.17, 15) is 9.59 Å². The molecular weight excluding hydrogens is 370 g/mol. The van der Waals surface area contributed by atoms with Crippen LogP contribution in [-0.2, 0) is 9.53 Å². The number of hydrogen-bond donors (Lipinski definition) is 1. The summed E-state index contributed by atoms with van der Waals surface area (Å²) in [7, 11) is 0. The van der Waals surface area contributed by atoms with Crippen molar-refractivity contribution < 1.29 is 14.3 Å². The van der Waals surface area contributed by atoms with E-state index in [1.165, 1.54) is 6.07 Å². The lowest BCUT2D eigenvalue weighted by Gasteiger charge is -2.08. The predicted octanol–water partition coefficient (Wildman–Crippen LogP) is 4.21. The van der Waals surface area contributed by atoms with Gasteiger partial charge in [-0.15, -0.1) is 0 Å². The first-order chi connectivity index (χ1) is 10.5. The fourth-order valence-corrected chi connectivity index (χ4v) is 2.19. The van der Waals surface area contributed by atoms with Gasteiger partial charge in [-0.2, -0.15) is 0 Å². The summed E-state index contributed by atoms with van der Waals surface area (Å²) in [4.78, 5) is 23.6. The molecule has 6 heteroatoms. The number of amides is 1. The van der Waals surface area contributed by atoms with Crippen LogP contribution < -0.4 is 5.32 Å². The Kier molecular flexibility index (Phi) is 5.57. The summed E-state index contributed by atoms with van der Waals surface area (Å²) in [6.07, 6.45) is 0. The van der Waals surface area contributed by atoms with E-state index in [2.05, 4.69) is 21.2 Å². The Hall–Kier alpha value is -1.85. The van der Waals surface area contributed by atoms with E-state index in [4.69, 9.17) is 16.3 Å². The Morgan fingerprint density at radius 1 is 1.23 bits per heavy atom. The van der Waals surface area contributed by atoms with E-state index in [1.807, 2.05) is 19.1 Å². The van der Waals surface area contributed by atoms with Crippen LogP contribution in [0.1, 0.15) is 15.9 Å². The molecule has 0 atom stereocenters. The average Bonchev–Trinajstić information content (AvgIpc) is 2.48. The zero-order valence-corrected chi connectivity index (χ0v) is 14.1. The zero-order valence-electron chi connectivity index (χ0n) is 11.7. The summed E-state index contributed by atoms with van der Waals surface area (Å²) in [5, 5.41) is 3.10. The lowest BCUT2D eigenvalue weighted by Crippen LogP contribution is -2.21. The number of halogens is 2. The molecule has 0 saturated carbocycles. The molecule has 1 amide bonds. The molecule has 0 fully saturated rings. The van der Waals surface area contributed by atoms with E-state index in [0.29, 0.717) is 16.3 Å². The Morgan fingerprint density at radius 2 is 2.00 bits per heavy atom. The maximum atomic E-state index is 11.8. The van der Waals surface area contributed by atoms with Crippen LogP contribution in [0.15, 0.2) is 46.9 Å². The number of aryl methyl sites for hydroxylation is 1. The van der Waals surface area contributed by atoms with Gasteiger partial charge in [-0.25, -0.2) is 4.79 Å². The summed E-state index contributed by atoms with van der Waals surface area (Å²) in [6.45, 7) is 1.55. The van der Waals surface area contributed by atoms with Gasteiger partial charge >= 0.3 is 5.97 Å². The van der Waals surface area contributed by atoms with Gasteiger partial charge in [-0.05, 0) is 48.9 Å². The lowest BCUT2D eigenvalue weighted by atomic mass is 10.2. The molecule has 0 aliphatic rings. The molecule has 114 valence electrons. The number of nitrogens with one attached hydrogen (secondary N) is 1. The second kappa shape index (κ2) is 7.42. The van der Waals surface area contributed by atoms with Gasteiger partial charge in [0.05, 0.1) is 5.56 Å². The van der Waals surface area contributed by atoms with Crippen molar-refractivity contribution in [2.45, 2.75) is 6.92 Å². The van der Waals surface area contributed by atoms with E-state index < -0.39 is 11.9 Å². The second-order valence-corrected chi connectivity index (χ2v) is 5.89. The van der Waals surface area contributed by atoms with Crippen LogP contribution in [0.4, 0.5) is 5.69 Å². The van der Waals surface area contributed by atoms with Crippen molar-refractivity contribution in [2.75, 3.05) is 11.9 Å². The van der Waals surface area contributed by atoms with Crippen LogP contribution >= 0.6 is 27.5 Å². The third-order valence-corrected chi connectivity index (χ3v) is 3.96. The minimum absolute atomic E-state index is 0.305. The number of ether oxygens (including phenoxy) is 1. The monoisotopic (exact) mass is 381 g/mol. The van der Waals surface area contributed by atoms with Crippen molar-refractivity contribution in [3.8, 4) is 0 Å². The first kappa shape index (κ1) is 16.5. The molecule has 2 aromatic rings. The minimum atomic E-state index is -0.593. The Morgan fingerprint density at radius 3 is 2.68 bits per heavy atom. The molecule has 22 heavy (non-hydrogen) atoms. The fraction of sp³-hybridized carbons (Fsp3) is 0.125. The Labute approximate surface area is 141 Å². The quantitative estimate of drug-likeness (QED) is 0.806. The predicted molar refractivity (Wildman–Crippen MR) is 89.2 cm³/mol. The van der Waals surface area contributed by atoms with Gasteiger partial charge in [-0.1, -0.05) is 33.6 Å². The van der Waals surface area contributed by atoms with Crippen LogP contribution in [0.25, 0.3) is 0 Å². The summed E-state index contributed by atoms with van der Waals surface area (Å²) in [6, 6.07) is 11.8. The molecule has 0 aromatic heterocycles. The SMILES string of the molecule is Cc1cc(NC(=O)COC(=O)c2cccc(Cl)c2)ccc1Br. The summed E-state index contributed by atoms with van der Waals surface area (Å²) >= 11 is 9.18. The number of benzene rings is 2. The maximum absolute atomic E-state index is 11.8. The second-order valence-electron chi connectivity index (χ2n) is 4.60. The van der Waals surface area contributed by atoms with Crippen LogP contribution in [0.5, 0.6) is 0 Å². The van der Waals surface area contributed by atoms with E-state index in [0.717, 1.165) is 10.0 Å². The van der Waals surface area contributed by atoms with Crippen molar-refractivity contribution in [2.24, 2.45) is 0 Å². The molecule has 0 aliphatic heterocycles. The van der Waals surface area contributed by atoms with Gasteiger partial charge in [0.2, 0.25) is 0 Å². The normalized spacial score (nSPS) is 10.1. The first-order valence-electron chi connectivity index (χ1n) is 6.44. The molecule has 0 heterocycles. The van der Waals surface area contributed by atoms with Crippen LogP contribution in [-0.4, -0.2) is 18.5 Å². The smallest absolute Gasteiger partial charge is 0.338 e. The van der Waals surface area contributed by atoms with E-state index in [1.54, 1.807) is 24.3 Å². The summed E-state index contributed by atoms with van der Waals surface area (Å²) in [5.41, 5.74) is 1.94. The number of anilines is 1. The van der Waals surface area contributed by atoms with Crippen molar-refractivity contribution in [3.63, 3.8) is 0 Å². The molecule has 0 saturated heterocycles. The van der Waals surface area contributed by atoms with Crippen LogP contribution in [0.3, 0.4) is 0 Å². The van der Waals surface area contributed by atoms with Crippen molar-refractivity contribution in [1.29, 1.82) is 0 Å². The van der Waals surface area contributed by atoms with Crippen molar-refractivity contribution in [3.05, 3.63) is 63.1 Å². The van der Waals surface area contributed by atoms with Crippen LogP contribution in [0.2, 0.25) is 5.02 Å². The summed E-state index contributed by atoms with van der Waals surface area (Å²) < 4.78 is 5.91. The van der Waals surface area contributed by atoms with Gasteiger partial charge in [0, 0.05) is 15.2 Å². The van der Waals surface area contributed by atoms with Gasteiger partial charge in [-0.3, -0.25) is 4.79 Å². The van der Waals surface area contributed by atoms with Gasteiger partial charge in [0.15, 0.2) is 6.61 Å². The maximum Gasteiger partial charge on any atom is 0.338 e. The molecule has 0 spiro atoms. The highest BCUT2D eigenvalue weighted by atomic mass is 79.9. The Bertz CT molecular complexity index is 718. The molecule has 1 N–H and O–H groups in total. The number of carbonyl (C=O) groups is 2. The summed E-state index contributed by atoms with van der Waals surface area (Å²) in [5.74, 6) is -0.998. The van der Waals surface area contributed by atoms with Crippen molar-refractivity contribution in [1.82, 2.24) is 0 Å². The largest absolute Gasteiger partial charge is 0.452 e. The molecule has 4 nitrogen and oxygen atoms in total. The third kappa shape index (κ3) is 4.58. The van der Waals surface area contributed by atoms with E-state index >= 15 is 0 Å². The Balaban J connectivity index is 1.90. The highest BCUT2D eigenvalue weighted by molar-refractivity contribution is 9.10. The molecule has 0 radical (unpaired) electrons. The molecular formula is C16H13BrClNO3. The standard InChI is InChI=1S/C16H13BrClNO3/c1-10-7-13(5-6-14(10)17)19-15(20)9-22-16(21)11-3-2-4-12(18)8-11/h2-8H,9H2,1H3,(H,19,20). The fourth-order valence-electron chi connectivity index (χ4n) is 1.75. The molecule has 2 aromatic carbocycles. The van der Waals surface area contributed by atoms with Gasteiger partial charge in [0.1, 0.15) is 0 Å². The molecule has 0 bridgehead atoms. The lowest BCUT2D eigenvalue weighted by molar-refractivity contribution is -0.119. The average molecular weight is 383 g/mol. The van der Waals surface area contributed by atoms with Gasteiger partial charge < -0.3 is 10.1 Å². The van der Waals surface area contributed by atoms with Crippen LogP contribution in [0, 0.1) is 6.92 Å². The molecule has 0 aliphatic carbocycles. The van der Waals surface area contributed by atoms with Crippen molar-refractivity contribution >= 4 is 45.1 Å². The highest BCUT2D eigenvalue weighted by Gasteiger charge is 2.11. The minimum Gasteiger partial charge on any atom is -0.452 e. The highest BCUT2D eigenvalue weighted by Crippen LogP contribution is 2.20. The molecule has 0 unspecified atom stereocenters. The number of carbonyl (C=O) groups excluding carboxylic acids is 2. The third-order valence-electron chi connectivity index (χ3n) is 2.84. The number of rotatable bonds is 4. The zero-order chi connectivity index (χ0) is 16.1.